The summed E-state index contributed by atoms with van der Waals surface area (Å²) < 4.78 is 18.9. The molecule has 0 bridgehead atoms. The second-order valence-corrected chi connectivity index (χ2v) is 7.17. The second kappa shape index (κ2) is 9.12. The summed E-state index contributed by atoms with van der Waals surface area (Å²) in [5.74, 6) is -1.84. The van der Waals surface area contributed by atoms with Crippen LogP contribution in [0.2, 0.25) is 0 Å². The van der Waals surface area contributed by atoms with Gasteiger partial charge < -0.3 is 14.5 Å². The molecular formula is C18H22BrFN2O4. The highest BCUT2D eigenvalue weighted by atomic mass is 79.9. The van der Waals surface area contributed by atoms with E-state index in [1.807, 2.05) is 0 Å². The van der Waals surface area contributed by atoms with E-state index in [1.165, 1.54) is 24.1 Å². The van der Waals surface area contributed by atoms with Gasteiger partial charge in [0.15, 0.2) is 0 Å². The third kappa shape index (κ3) is 5.27. The van der Waals surface area contributed by atoms with Gasteiger partial charge in [0, 0.05) is 30.2 Å². The third-order valence-corrected chi connectivity index (χ3v) is 4.68. The molecule has 1 aromatic rings. The molecule has 0 radical (unpaired) electrons. The molecule has 26 heavy (non-hydrogen) atoms. The fourth-order valence-corrected chi connectivity index (χ4v) is 3.39. The van der Waals surface area contributed by atoms with Crippen molar-refractivity contribution >= 4 is 33.7 Å². The van der Waals surface area contributed by atoms with Crippen LogP contribution in [-0.2, 0) is 14.3 Å². The number of hydrogen-bond donors (Lipinski definition) is 0. The van der Waals surface area contributed by atoms with Crippen LogP contribution >= 0.6 is 15.9 Å². The van der Waals surface area contributed by atoms with E-state index in [0.717, 1.165) is 6.07 Å². The highest BCUT2D eigenvalue weighted by Gasteiger charge is 2.30. The monoisotopic (exact) mass is 428 g/mol. The smallest absolute Gasteiger partial charge is 0.310 e. The van der Waals surface area contributed by atoms with Crippen molar-refractivity contribution in [2.24, 2.45) is 5.92 Å². The molecule has 0 spiro atoms. The van der Waals surface area contributed by atoms with Gasteiger partial charge in [-0.05, 0) is 38.0 Å². The summed E-state index contributed by atoms with van der Waals surface area (Å²) >= 11 is 3.15. The first-order chi connectivity index (χ1) is 12.3. The van der Waals surface area contributed by atoms with Gasteiger partial charge in [-0.15, -0.1) is 0 Å². The van der Waals surface area contributed by atoms with E-state index in [2.05, 4.69) is 15.9 Å². The zero-order valence-corrected chi connectivity index (χ0v) is 16.4. The van der Waals surface area contributed by atoms with Crippen LogP contribution in [0.1, 0.15) is 30.1 Å². The van der Waals surface area contributed by atoms with Crippen LogP contribution in [0.5, 0.6) is 0 Å². The lowest BCUT2D eigenvalue weighted by atomic mass is 9.98. The summed E-state index contributed by atoms with van der Waals surface area (Å²) in [6.07, 6.45) is 1.40. The normalized spacial score (nSPS) is 16.9. The first kappa shape index (κ1) is 20.4. The minimum atomic E-state index is -0.532. The summed E-state index contributed by atoms with van der Waals surface area (Å²) in [5.41, 5.74) is 0.162. The molecule has 1 fully saturated rings. The topological polar surface area (TPSA) is 66.9 Å². The number of halogens is 2. The van der Waals surface area contributed by atoms with E-state index < -0.39 is 11.7 Å². The number of hydrogen-bond acceptors (Lipinski definition) is 4. The number of rotatable bonds is 5. The lowest BCUT2D eigenvalue weighted by Crippen LogP contribution is -2.47. The molecule has 2 amide bonds. The molecule has 0 saturated carbocycles. The number of esters is 1. The molecule has 2 rings (SSSR count). The Kier molecular flexibility index (Phi) is 7.14. The molecule has 142 valence electrons. The maximum Gasteiger partial charge on any atom is 0.310 e. The van der Waals surface area contributed by atoms with Gasteiger partial charge in [0.2, 0.25) is 5.91 Å². The minimum absolute atomic E-state index is 0.136. The first-order valence-corrected chi connectivity index (χ1v) is 9.27. The van der Waals surface area contributed by atoms with E-state index in [0.29, 0.717) is 37.0 Å². The van der Waals surface area contributed by atoms with E-state index in [1.54, 1.807) is 11.8 Å². The van der Waals surface area contributed by atoms with Crippen molar-refractivity contribution in [1.82, 2.24) is 9.80 Å². The Morgan fingerprint density at radius 3 is 2.73 bits per heavy atom. The Bertz CT molecular complexity index is 678. The molecule has 6 nitrogen and oxygen atoms in total. The number of likely N-dealkylation sites (N-methyl/N-ethyl adjacent to an activating group) is 1. The van der Waals surface area contributed by atoms with Crippen molar-refractivity contribution in [3.8, 4) is 0 Å². The van der Waals surface area contributed by atoms with E-state index >= 15 is 0 Å². The maximum atomic E-state index is 13.5. The van der Waals surface area contributed by atoms with Gasteiger partial charge in [0.25, 0.3) is 5.91 Å². The van der Waals surface area contributed by atoms with Crippen LogP contribution in [0, 0.1) is 11.7 Å². The van der Waals surface area contributed by atoms with E-state index in [9.17, 15) is 18.8 Å². The van der Waals surface area contributed by atoms with Crippen LogP contribution in [-0.4, -0.2) is 60.9 Å². The first-order valence-electron chi connectivity index (χ1n) is 8.47. The molecule has 1 aliphatic heterocycles. The molecule has 8 heteroatoms. The quantitative estimate of drug-likeness (QED) is 0.675. The second-order valence-electron chi connectivity index (χ2n) is 6.25. The molecule has 1 atom stereocenters. The van der Waals surface area contributed by atoms with Gasteiger partial charge in [-0.3, -0.25) is 14.4 Å². The van der Waals surface area contributed by atoms with Crippen LogP contribution in [0.15, 0.2) is 22.7 Å². The van der Waals surface area contributed by atoms with Gasteiger partial charge in [-0.1, -0.05) is 15.9 Å². The molecule has 1 saturated heterocycles. The van der Waals surface area contributed by atoms with Crippen LogP contribution in [0.25, 0.3) is 0 Å². The third-order valence-electron chi connectivity index (χ3n) is 4.22. The zero-order chi connectivity index (χ0) is 19.3. The van der Waals surface area contributed by atoms with Crippen molar-refractivity contribution in [1.29, 1.82) is 0 Å². The van der Waals surface area contributed by atoms with Gasteiger partial charge in [0.1, 0.15) is 5.82 Å². The summed E-state index contributed by atoms with van der Waals surface area (Å²) in [6, 6.07) is 3.89. The highest BCUT2D eigenvalue weighted by molar-refractivity contribution is 9.10. The molecular weight excluding hydrogens is 407 g/mol. The van der Waals surface area contributed by atoms with Gasteiger partial charge in [0.05, 0.1) is 19.1 Å². The summed E-state index contributed by atoms with van der Waals surface area (Å²) in [4.78, 5) is 39.6. The number of carbonyl (C=O) groups excluding carboxylic acids is 3. The number of amides is 2. The van der Waals surface area contributed by atoms with E-state index in [-0.39, 0.29) is 29.9 Å². The average molecular weight is 429 g/mol. The fraction of sp³-hybridized carbons (Fsp3) is 0.500. The minimum Gasteiger partial charge on any atom is -0.466 e. The van der Waals surface area contributed by atoms with Crippen LogP contribution in [0.3, 0.4) is 0 Å². The molecule has 0 aromatic heterocycles. The maximum absolute atomic E-state index is 13.5. The molecule has 1 aromatic carbocycles. The van der Waals surface area contributed by atoms with Crippen molar-refractivity contribution in [2.75, 3.05) is 33.3 Å². The Morgan fingerprint density at radius 2 is 2.08 bits per heavy atom. The Labute approximate surface area is 160 Å². The average Bonchev–Trinajstić information content (AvgIpc) is 2.60. The van der Waals surface area contributed by atoms with Crippen molar-refractivity contribution in [3.05, 3.63) is 34.1 Å². The summed E-state index contributed by atoms with van der Waals surface area (Å²) in [5, 5.41) is 0. The van der Waals surface area contributed by atoms with Crippen molar-refractivity contribution in [3.63, 3.8) is 0 Å². The van der Waals surface area contributed by atoms with Gasteiger partial charge >= 0.3 is 5.97 Å². The molecule has 1 aliphatic rings. The Balaban J connectivity index is 1.97. The Morgan fingerprint density at radius 1 is 1.35 bits per heavy atom. The zero-order valence-electron chi connectivity index (χ0n) is 14.8. The number of piperidine rings is 1. The fourth-order valence-electron chi connectivity index (χ4n) is 2.93. The predicted octanol–water partition coefficient (Wildman–Crippen LogP) is 2.46. The molecule has 0 N–H and O–H groups in total. The number of carbonyl (C=O) groups is 3. The van der Waals surface area contributed by atoms with Crippen LogP contribution < -0.4 is 0 Å². The van der Waals surface area contributed by atoms with Gasteiger partial charge in [-0.25, -0.2) is 4.39 Å². The summed E-state index contributed by atoms with van der Waals surface area (Å²) in [6.45, 7) is 2.76. The number of benzene rings is 1. The largest absolute Gasteiger partial charge is 0.466 e. The predicted molar refractivity (Wildman–Crippen MR) is 97.0 cm³/mol. The number of ether oxygens (including phenoxy) is 1. The summed E-state index contributed by atoms with van der Waals surface area (Å²) in [7, 11) is 1.49. The molecule has 1 unspecified atom stereocenters. The molecule has 0 aliphatic carbocycles. The standard InChI is InChI=1S/C18H22BrFN2O4/c1-3-26-18(25)12-5-4-6-22(10-12)16(23)11-21(2)17(24)13-7-14(19)9-15(20)8-13/h7-9,12H,3-6,10-11H2,1-2H3. The lowest BCUT2D eigenvalue weighted by molar-refractivity contribution is -0.151. The SMILES string of the molecule is CCOC(=O)C1CCCN(C(=O)CN(C)C(=O)c2cc(F)cc(Br)c2)C1. The lowest BCUT2D eigenvalue weighted by Gasteiger charge is -2.32. The Hall–Kier alpha value is -1.96. The van der Waals surface area contributed by atoms with E-state index in [4.69, 9.17) is 4.74 Å². The molecule has 1 heterocycles. The van der Waals surface area contributed by atoms with Crippen molar-refractivity contribution in [2.45, 2.75) is 19.8 Å². The van der Waals surface area contributed by atoms with Gasteiger partial charge in [-0.2, -0.15) is 0 Å². The van der Waals surface area contributed by atoms with Crippen molar-refractivity contribution < 1.29 is 23.5 Å². The van der Waals surface area contributed by atoms with Crippen LogP contribution in [0.4, 0.5) is 4.39 Å². The number of likely N-dealkylation sites (tertiary alicyclic amines) is 1. The number of nitrogens with zero attached hydrogens (tertiary/aromatic N) is 2. The highest BCUT2D eigenvalue weighted by Crippen LogP contribution is 2.19.